The van der Waals surface area contributed by atoms with Crippen molar-refractivity contribution in [2.75, 3.05) is 0 Å². The van der Waals surface area contributed by atoms with Gasteiger partial charge in [0.1, 0.15) is 0 Å². The number of nitro benzene ring substituents is 1. The number of amides is 4. The summed E-state index contributed by atoms with van der Waals surface area (Å²) in [7, 11) is 0. The number of hydrogen-bond acceptors (Lipinski definition) is 5. The van der Waals surface area contributed by atoms with Crippen molar-refractivity contribution in [3.05, 3.63) is 75.3 Å². The molecule has 10 heteroatoms. The number of aryl methyl sites for hydroxylation is 1. The van der Waals surface area contributed by atoms with E-state index in [4.69, 9.17) is 5.73 Å². The first-order valence-corrected chi connectivity index (χ1v) is 8.22. The first-order chi connectivity index (χ1) is 13.3. The van der Waals surface area contributed by atoms with Gasteiger partial charge < -0.3 is 11.1 Å². The lowest BCUT2D eigenvalue weighted by molar-refractivity contribution is -0.384. The molecule has 2 rings (SSSR count). The number of nitrogens with zero attached hydrogens (tertiary/aromatic N) is 1. The Morgan fingerprint density at radius 1 is 1.11 bits per heavy atom. The van der Waals surface area contributed by atoms with E-state index in [1.54, 1.807) is 12.1 Å². The second-order valence-electron chi connectivity index (χ2n) is 5.99. The molecule has 0 fully saturated rings. The number of urea groups is 1. The van der Waals surface area contributed by atoms with E-state index in [2.05, 4.69) is 16.2 Å². The van der Waals surface area contributed by atoms with E-state index in [0.717, 1.165) is 11.6 Å². The summed E-state index contributed by atoms with van der Waals surface area (Å²) in [6.07, 6.45) is -0.179. The van der Waals surface area contributed by atoms with Gasteiger partial charge in [-0.15, -0.1) is 0 Å². The highest BCUT2D eigenvalue weighted by atomic mass is 16.6. The topological polar surface area (TPSA) is 156 Å². The Hall–Kier alpha value is -3.95. The summed E-state index contributed by atoms with van der Waals surface area (Å²) >= 11 is 0. The number of rotatable bonds is 6. The molecule has 0 aromatic heterocycles. The molecule has 0 aliphatic heterocycles. The summed E-state index contributed by atoms with van der Waals surface area (Å²) in [5.74, 6) is -1.30. The standard InChI is InChI=1S/C18H19N5O5/c1-11-5-7-12(8-6-11)15(20-18(19)26)10-16(24)21-22-17(25)13-3-2-4-14(9-13)23(27)28/h2-9,15H,10H2,1H3,(H,21,24)(H,22,25)(H3,19,20,26)/t15-/m1/s1. The fraction of sp³-hybridized carbons (Fsp3) is 0.167. The Balaban J connectivity index is 1.99. The number of hydrazine groups is 1. The van der Waals surface area contributed by atoms with Gasteiger partial charge in [0.2, 0.25) is 5.91 Å². The predicted molar refractivity (Wildman–Crippen MR) is 100.0 cm³/mol. The molecule has 10 nitrogen and oxygen atoms in total. The van der Waals surface area contributed by atoms with Gasteiger partial charge in [0.05, 0.1) is 17.4 Å². The van der Waals surface area contributed by atoms with Crippen LogP contribution in [0.5, 0.6) is 0 Å². The van der Waals surface area contributed by atoms with Crippen LogP contribution in [0.3, 0.4) is 0 Å². The van der Waals surface area contributed by atoms with Crippen molar-refractivity contribution in [2.45, 2.75) is 19.4 Å². The number of nitro groups is 1. The van der Waals surface area contributed by atoms with Gasteiger partial charge in [-0.25, -0.2) is 4.79 Å². The Morgan fingerprint density at radius 3 is 2.39 bits per heavy atom. The van der Waals surface area contributed by atoms with Crippen LogP contribution in [0.15, 0.2) is 48.5 Å². The average Bonchev–Trinajstić information content (AvgIpc) is 2.66. The minimum atomic E-state index is -0.793. The van der Waals surface area contributed by atoms with Crippen LogP contribution >= 0.6 is 0 Å². The smallest absolute Gasteiger partial charge is 0.312 e. The van der Waals surface area contributed by atoms with Gasteiger partial charge in [0.15, 0.2) is 0 Å². The Labute approximate surface area is 160 Å². The molecule has 0 saturated carbocycles. The zero-order valence-electron chi connectivity index (χ0n) is 15.0. The molecule has 146 valence electrons. The molecular formula is C18H19N5O5. The number of nitrogens with two attached hydrogens (primary N) is 1. The Kier molecular flexibility index (Phi) is 6.63. The highest BCUT2D eigenvalue weighted by Crippen LogP contribution is 2.17. The van der Waals surface area contributed by atoms with Crippen LogP contribution in [0.25, 0.3) is 0 Å². The van der Waals surface area contributed by atoms with Gasteiger partial charge in [-0.3, -0.25) is 30.6 Å². The molecule has 4 amide bonds. The number of carbonyl (C=O) groups excluding carboxylic acids is 3. The monoisotopic (exact) mass is 385 g/mol. The zero-order valence-corrected chi connectivity index (χ0v) is 15.0. The number of nitrogens with one attached hydrogen (secondary N) is 3. The minimum Gasteiger partial charge on any atom is -0.352 e. The van der Waals surface area contributed by atoms with Gasteiger partial charge in [-0.1, -0.05) is 35.9 Å². The van der Waals surface area contributed by atoms with Gasteiger partial charge >= 0.3 is 6.03 Å². The molecule has 0 aliphatic rings. The second-order valence-corrected chi connectivity index (χ2v) is 5.99. The van der Waals surface area contributed by atoms with E-state index in [1.165, 1.54) is 18.2 Å². The molecule has 0 heterocycles. The average molecular weight is 385 g/mol. The fourth-order valence-corrected chi connectivity index (χ4v) is 2.42. The molecule has 0 unspecified atom stereocenters. The number of hydrogen-bond donors (Lipinski definition) is 4. The fourth-order valence-electron chi connectivity index (χ4n) is 2.42. The van der Waals surface area contributed by atoms with E-state index >= 15 is 0 Å². The highest BCUT2D eigenvalue weighted by Gasteiger charge is 2.18. The first kappa shape index (κ1) is 20.4. The van der Waals surface area contributed by atoms with Gasteiger partial charge in [-0.2, -0.15) is 0 Å². The molecule has 0 aliphatic carbocycles. The molecule has 0 spiro atoms. The van der Waals surface area contributed by atoms with Crippen molar-refractivity contribution < 1.29 is 19.3 Å². The number of primary amides is 1. The van der Waals surface area contributed by atoms with Crippen LogP contribution in [0.2, 0.25) is 0 Å². The third-order valence-corrected chi connectivity index (χ3v) is 3.82. The van der Waals surface area contributed by atoms with Crippen molar-refractivity contribution >= 4 is 23.5 Å². The van der Waals surface area contributed by atoms with E-state index in [0.29, 0.717) is 5.56 Å². The quantitative estimate of drug-likeness (QED) is 0.437. The minimum absolute atomic E-state index is 0.0137. The summed E-state index contributed by atoms with van der Waals surface area (Å²) in [5, 5.41) is 13.2. The van der Waals surface area contributed by atoms with Crippen molar-refractivity contribution in [1.29, 1.82) is 0 Å². The summed E-state index contributed by atoms with van der Waals surface area (Å²) < 4.78 is 0. The Morgan fingerprint density at radius 2 is 1.79 bits per heavy atom. The zero-order chi connectivity index (χ0) is 20.7. The van der Waals surface area contributed by atoms with Gasteiger partial charge in [-0.05, 0) is 18.6 Å². The van der Waals surface area contributed by atoms with E-state index < -0.39 is 28.8 Å². The van der Waals surface area contributed by atoms with Crippen LogP contribution in [0.1, 0.15) is 33.9 Å². The number of benzene rings is 2. The van der Waals surface area contributed by atoms with Crippen LogP contribution in [-0.4, -0.2) is 22.8 Å². The van der Waals surface area contributed by atoms with Crippen LogP contribution in [0, 0.1) is 17.0 Å². The molecule has 5 N–H and O–H groups in total. The third-order valence-electron chi connectivity index (χ3n) is 3.82. The summed E-state index contributed by atoms with van der Waals surface area (Å²) in [6.45, 7) is 1.90. The lowest BCUT2D eigenvalue weighted by atomic mass is 10.0. The maximum atomic E-state index is 12.2. The van der Waals surface area contributed by atoms with Crippen LogP contribution < -0.4 is 21.9 Å². The molecule has 1 atom stereocenters. The number of carbonyl (C=O) groups is 3. The third kappa shape index (κ3) is 5.80. The van der Waals surface area contributed by atoms with Gasteiger partial charge in [0, 0.05) is 17.7 Å². The van der Waals surface area contributed by atoms with E-state index in [1.807, 2.05) is 19.1 Å². The molecule has 28 heavy (non-hydrogen) atoms. The van der Waals surface area contributed by atoms with Crippen molar-refractivity contribution in [2.24, 2.45) is 5.73 Å². The lowest BCUT2D eigenvalue weighted by Crippen LogP contribution is -2.44. The largest absolute Gasteiger partial charge is 0.352 e. The van der Waals surface area contributed by atoms with Crippen LogP contribution in [0.4, 0.5) is 10.5 Å². The molecule has 0 bridgehead atoms. The number of non-ortho nitro benzene ring substituents is 1. The predicted octanol–water partition coefficient (Wildman–Crippen LogP) is 1.46. The molecular weight excluding hydrogens is 366 g/mol. The van der Waals surface area contributed by atoms with Crippen molar-refractivity contribution in [3.63, 3.8) is 0 Å². The Bertz CT molecular complexity index is 897. The molecule has 0 saturated heterocycles. The summed E-state index contributed by atoms with van der Waals surface area (Å²) in [6, 6.07) is 10.8. The summed E-state index contributed by atoms with van der Waals surface area (Å²) in [4.78, 5) is 45.6. The molecule has 2 aromatic carbocycles. The van der Waals surface area contributed by atoms with Crippen molar-refractivity contribution in [3.8, 4) is 0 Å². The van der Waals surface area contributed by atoms with E-state index in [-0.39, 0.29) is 17.7 Å². The maximum Gasteiger partial charge on any atom is 0.312 e. The van der Waals surface area contributed by atoms with Gasteiger partial charge in [0.25, 0.3) is 11.6 Å². The SMILES string of the molecule is Cc1ccc([C@@H](CC(=O)NNC(=O)c2cccc([N+](=O)[O-])c2)NC(N)=O)cc1. The van der Waals surface area contributed by atoms with Crippen LogP contribution in [-0.2, 0) is 4.79 Å². The summed E-state index contributed by atoms with van der Waals surface area (Å²) in [5.41, 5.74) is 11.0. The first-order valence-electron chi connectivity index (χ1n) is 8.22. The van der Waals surface area contributed by atoms with Crippen molar-refractivity contribution in [1.82, 2.24) is 16.2 Å². The molecule has 2 aromatic rings. The highest BCUT2D eigenvalue weighted by molar-refractivity contribution is 5.96. The molecule has 0 radical (unpaired) electrons. The second kappa shape index (κ2) is 9.12. The van der Waals surface area contributed by atoms with E-state index in [9.17, 15) is 24.5 Å². The normalized spacial score (nSPS) is 11.2. The lowest BCUT2D eigenvalue weighted by Gasteiger charge is -2.18. The maximum absolute atomic E-state index is 12.2.